The first-order chi connectivity index (χ1) is 17.8. The lowest BCUT2D eigenvalue weighted by atomic mass is 9.38. The zero-order valence-corrected chi connectivity index (χ0v) is 22.1. The highest BCUT2D eigenvalue weighted by Crippen LogP contribution is 2.71. The Bertz CT molecular complexity index is 1320. The molecule has 7 nitrogen and oxygen atoms in total. The van der Waals surface area contributed by atoms with Crippen molar-refractivity contribution in [3.05, 3.63) is 66.2 Å². The van der Waals surface area contributed by atoms with Gasteiger partial charge in [-0.2, -0.15) is 17.5 Å². The zero-order valence-electron chi connectivity index (χ0n) is 21.3. The molecule has 0 aromatic heterocycles. The lowest BCUT2D eigenvalue weighted by molar-refractivity contribution is -0.151. The van der Waals surface area contributed by atoms with Crippen LogP contribution < -0.4 is 10.6 Å². The number of halogens is 3. The Kier molecular flexibility index (Phi) is 6.38. The molecule has 2 bridgehead atoms. The molecular formula is C27H31F3N4O3S. The van der Waals surface area contributed by atoms with E-state index in [9.17, 15) is 26.4 Å². The van der Waals surface area contributed by atoms with Gasteiger partial charge in [-0.25, -0.2) is 8.42 Å². The molecule has 4 aliphatic rings. The molecule has 0 saturated heterocycles. The maximum absolute atomic E-state index is 13.8. The molecule has 2 aromatic rings. The third-order valence-electron chi connectivity index (χ3n) is 7.87. The molecular weight excluding hydrogens is 517 g/mol. The second-order valence-electron chi connectivity index (χ2n) is 11.2. The number of carbonyl (C=O) groups excluding carboxylic acids is 1. The highest BCUT2D eigenvalue weighted by Gasteiger charge is 2.75. The Balaban J connectivity index is 1.34. The first kappa shape index (κ1) is 26.7. The van der Waals surface area contributed by atoms with Crippen molar-refractivity contribution in [3.8, 4) is 0 Å². The molecule has 0 spiro atoms. The van der Waals surface area contributed by atoms with E-state index in [4.69, 9.17) is 0 Å². The number of benzene rings is 2. The average molecular weight is 549 g/mol. The van der Waals surface area contributed by atoms with Gasteiger partial charge in [0, 0.05) is 24.0 Å². The molecule has 3 aliphatic carbocycles. The summed E-state index contributed by atoms with van der Waals surface area (Å²) in [5, 5.41) is 5.68. The first-order valence-electron chi connectivity index (χ1n) is 12.6. The van der Waals surface area contributed by atoms with Crippen LogP contribution in [0.15, 0.2) is 70.6 Å². The molecule has 204 valence electrons. The standard InChI is InChI=1S/C27H31F3N4O3S/c1-24(2)21(22(35)31-14-13-27(28,29)30)32-23(33-24)25-16-26(17-25,18-25)34(15-19-9-5-3-6-10-19)38(36,37)20-11-7-4-8-12-20/h3-12,21H,13-18H2,1-2H3,(H,31,35)(H,32,33)/t21-,25?,26?/m0/s1. The summed E-state index contributed by atoms with van der Waals surface area (Å²) in [5.74, 6) is 0.0811. The van der Waals surface area contributed by atoms with Gasteiger partial charge in [0.05, 0.1) is 16.9 Å². The van der Waals surface area contributed by atoms with Crippen LogP contribution in [0.3, 0.4) is 0 Å². The van der Waals surface area contributed by atoms with Crippen molar-refractivity contribution in [1.82, 2.24) is 14.9 Å². The van der Waals surface area contributed by atoms with Gasteiger partial charge < -0.3 is 10.6 Å². The van der Waals surface area contributed by atoms with E-state index in [0.29, 0.717) is 25.1 Å². The third-order valence-corrected chi connectivity index (χ3v) is 9.84. The Hall–Kier alpha value is -2.92. The fraction of sp³-hybridized carbons (Fsp3) is 0.481. The maximum Gasteiger partial charge on any atom is 0.390 e. The maximum atomic E-state index is 13.8. The molecule has 1 heterocycles. The van der Waals surface area contributed by atoms with Crippen LogP contribution >= 0.6 is 0 Å². The fourth-order valence-electron chi connectivity index (χ4n) is 6.00. The molecule has 3 fully saturated rings. The number of carbonyl (C=O) groups is 1. The number of amides is 1. The van der Waals surface area contributed by atoms with Gasteiger partial charge in [0.15, 0.2) is 6.04 Å². The van der Waals surface area contributed by atoms with Crippen LogP contribution in [0, 0.1) is 5.41 Å². The Morgan fingerprint density at radius 3 is 2.21 bits per heavy atom. The van der Waals surface area contributed by atoms with Crippen LogP contribution in [0.2, 0.25) is 0 Å². The van der Waals surface area contributed by atoms with E-state index in [-0.39, 0.29) is 16.9 Å². The van der Waals surface area contributed by atoms with Crippen molar-refractivity contribution in [2.75, 3.05) is 6.54 Å². The number of rotatable bonds is 9. The molecule has 2 N–H and O–H groups in total. The monoisotopic (exact) mass is 548 g/mol. The third kappa shape index (κ3) is 4.70. The number of alkyl halides is 3. The van der Waals surface area contributed by atoms with Crippen LogP contribution in [0.25, 0.3) is 0 Å². The van der Waals surface area contributed by atoms with Gasteiger partial charge in [0.25, 0.3) is 0 Å². The van der Waals surface area contributed by atoms with Crippen molar-refractivity contribution in [2.24, 2.45) is 10.4 Å². The zero-order chi connectivity index (χ0) is 27.4. The first-order valence-corrected chi connectivity index (χ1v) is 14.0. The van der Waals surface area contributed by atoms with Crippen LogP contribution in [-0.2, 0) is 21.4 Å². The van der Waals surface area contributed by atoms with E-state index < -0.39 is 52.2 Å². The number of hydrogen-bond donors (Lipinski definition) is 2. The van der Waals surface area contributed by atoms with Gasteiger partial charge in [0.1, 0.15) is 5.84 Å². The van der Waals surface area contributed by atoms with Gasteiger partial charge in [-0.1, -0.05) is 48.5 Å². The van der Waals surface area contributed by atoms with Gasteiger partial charge >= 0.3 is 6.18 Å². The molecule has 0 radical (unpaired) electrons. The van der Waals surface area contributed by atoms with E-state index in [1.807, 2.05) is 30.3 Å². The SMILES string of the molecule is CC1(C)NC(C23CC(N(Cc4ccccc4)S(=O)(=O)c4ccccc4)(C2)C3)=N[C@H]1C(=O)NCCC(F)(F)F. The van der Waals surface area contributed by atoms with Crippen molar-refractivity contribution < 1.29 is 26.4 Å². The number of nitrogens with zero attached hydrogens (tertiary/aromatic N) is 2. The molecule has 2 aromatic carbocycles. The minimum atomic E-state index is -4.35. The van der Waals surface area contributed by atoms with Crippen LogP contribution in [0.5, 0.6) is 0 Å². The number of amidine groups is 1. The van der Waals surface area contributed by atoms with Crippen molar-refractivity contribution in [2.45, 2.75) is 74.3 Å². The molecule has 3 saturated carbocycles. The van der Waals surface area contributed by atoms with Crippen LogP contribution in [0.4, 0.5) is 13.2 Å². The summed E-state index contributed by atoms with van der Waals surface area (Å²) in [6.07, 6.45) is -3.78. The molecule has 38 heavy (non-hydrogen) atoms. The molecule has 1 aliphatic heterocycles. The largest absolute Gasteiger partial charge is 0.390 e. The number of nitrogens with one attached hydrogen (secondary N) is 2. The lowest BCUT2D eigenvalue weighted by Gasteiger charge is -2.73. The Morgan fingerprint density at radius 2 is 1.63 bits per heavy atom. The van der Waals surface area contributed by atoms with Gasteiger partial charge in [-0.15, -0.1) is 0 Å². The molecule has 11 heteroatoms. The van der Waals surface area contributed by atoms with Crippen LogP contribution in [0.1, 0.15) is 45.1 Å². The topological polar surface area (TPSA) is 90.9 Å². The van der Waals surface area contributed by atoms with E-state index >= 15 is 0 Å². The highest BCUT2D eigenvalue weighted by molar-refractivity contribution is 7.89. The normalized spacial score (nSPS) is 27.6. The summed E-state index contributed by atoms with van der Waals surface area (Å²) in [6.45, 7) is 3.32. The molecule has 0 unspecified atom stereocenters. The quantitative estimate of drug-likeness (QED) is 0.496. The van der Waals surface area contributed by atoms with Crippen LogP contribution in [-0.4, -0.2) is 54.3 Å². The van der Waals surface area contributed by atoms with E-state index in [1.54, 1.807) is 48.5 Å². The minimum Gasteiger partial charge on any atom is -0.366 e. The minimum absolute atomic E-state index is 0.239. The summed E-state index contributed by atoms with van der Waals surface area (Å²) >= 11 is 0. The van der Waals surface area contributed by atoms with Crippen molar-refractivity contribution in [3.63, 3.8) is 0 Å². The second-order valence-corrected chi connectivity index (χ2v) is 13.1. The summed E-state index contributed by atoms with van der Waals surface area (Å²) in [5.41, 5.74) is -0.829. The number of sulfonamides is 1. The Labute approximate surface area is 220 Å². The smallest absolute Gasteiger partial charge is 0.366 e. The summed E-state index contributed by atoms with van der Waals surface area (Å²) in [7, 11) is -3.78. The van der Waals surface area contributed by atoms with Crippen molar-refractivity contribution in [1.29, 1.82) is 0 Å². The molecule has 1 amide bonds. The summed E-state index contributed by atoms with van der Waals surface area (Å²) in [6, 6.07) is 17.0. The van der Waals surface area contributed by atoms with Crippen molar-refractivity contribution >= 4 is 21.8 Å². The van der Waals surface area contributed by atoms with Gasteiger partial charge in [0.2, 0.25) is 15.9 Å². The number of aliphatic imine (C=N–C) groups is 1. The summed E-state index contributed by atoms with van der Waals surface area (Å²) in [4.78, 5) is 17.6. The van der Waals surface area contributed by atoms with E-state index in [1.165, 1.54) is 0 Å². The lowest BCUT2D eigenvalue weighted by Crippen LogP contribution is -2.78. The molecule has 1 atom stereocenters. The molecule has 6 rings (SSSR count). The highest BCUT2D eigenvalue weighted by atomic mass is 32.2. The predicted molar refractivity (Wildman–Crippen MR) is 137 cm³/mol. The average Bonchev–Trinajstić information content (AvgIpc) is 3.12. The van der Waals surface area contributed by atoms with E-state index in [2.05, 4.69) is 15.6 Å². The van der Waals surface area contributed by atoms with E-state index in [0.717, 1.165) is 5.56 Å². The van der Waals surface area contributed by atoms with Gasteiger partial charge in [-0.05, 0) is 50.8 Å². The predicted octanol–water partition coefficient (Wildman–Crippen LogP) is 4.02. The Morgan fingerprint density at radius 1 is 1.05 bits per heavy atom. The number of hydrogen-bond acceptors (Lipinski definition) is 5. The van der Waals surface area contributed by atoms with Gasteiger partial charge in [-0.3, -0.25) is 9.79 Å². The second kappa shape index (κ2) is 9.08. The fourth-order valence-corrected chi connectivity index (χ4v) is 7.78. The summed E-state index contributed by atoms with van der Waals surface area (Å²) < 4.78 is 66.7.